The zero-order chi connectivity index (χ0) is 20.3. The summed E-state index contributed by atoms with van der Waals surface area (Å²) in [6.45, 7) is 5.58. The Balaban J connectivity index is 1.81. The molecule has 8 heteroatoms. The molecule has 1 aromatic heterocycles. The number of sulfonamides is 1. The molecule has 6 nitrogen and oxygen atoms in total. The largest absolute Gasteiger partial charge is 0.321 e. The number of anilines is 2. The molecule has 0 unspecified atom stereocenters. The van der Waals surface area contributed by atoms with Gasteiger partial charge in [0.2, 0.25) is 0 Å². The number of aromatic nitrogens is 1. The molecule has 2 aromatic carbocycles. The summed E-state index contributed by atoms with van der Waals surface area (Å²) < 4.78 is 27.5. The fourth-order valence-corrected chi connectivity index (χ4v) is 4.77. The van der Waals surface area contributed by atoms with Crippen molar-refractivity contribution in [1.29, 1.82) is 0 Å². The Morgan fingerprint density at radius 2 is 1.75 bits per heavy atom. The first-order chi connectivity index (χ1) is 13.3. The van der Waals surface area contributed by atoms with Gasteiger partial charge in [0.1, 0.15) is 4.88 Å². The van der Waals surface area contributed by atoms with Gasteiger partial charge in [0.25, 0.3) is 15.9 Å². The van der Waals surface area contributed by atoms with Gasteiger partial charge >= 0.3 is 0 Å². The Bertz CT molecular complexity index is 1100. The second-order valence-corrected chi connectivity index (χ2v) is 9.00. The first-order valence-electron chi connectivity index (χ1n) is 8.76. The number of carbonyl (C=O) groups excluding carboxylic acids is 1. The summed E-state index contributed by atoms with van der Waals surface area (Å²) in [5.74, 6) is -0.309. The number of hydrogen-bond donors (Lipinski definition) is 2. The zero-order valence-electron chi connectivity index (χ0n) is 15.8. The predicted molar refractivity (Wildman–Crippen MR) is 113 cm³/mol. The molecule has 0 aliphatic heterocycles. The highest BCUT2D eigenvalue weighted by atomic mass is 32.2. The number of carbonyl (C=O) groups is 1. The number of thiazole rings is 1. The number of benzene rings is 2. The molecule has 0 fully saturated rings. The van der Waals surface area contributed by atoms with Crippen LogP contribution in [-0.2, 0) is 16.4 Å². The maximum Gasteiger partial charge on any atom is 0.267 e. The minimum absolute atomic E-state index is 0.147. The van der Waals surface area contributed by atoms with Gasteiger partial charge in [-0.05, 0) is 44.0 Å². The van der Waals surface area contributed by atoms with Crippen LogP contribution in [0.5, 0.6) is 0 Å². The third-order valence-electron chi connectivity index (χ3n) is 4.20. The van der Waals surface area contributed by atoms with E-state index < -0.39 is 10.0 Å². The number of nitrogens with one attached hydrogen (secondary N) is 2. The van der Waals surface area contributed by atoms with E-state index in [9.17, 15) is 13.2 Å². The summed E-state index contributed by atoms with van der Waals surface area (Å²) in [6, 6.07) is 14.1. The quantitative estimate of drug-likeness (QED) is 0.625. The highest BCUT2D eigenvalue weighted by Crippen LogP contribution is 2.27. The first kappa shape index (κ1) is 20.0. The van der Waals surface area contributed by atoms with Crippen molar-refractivity contribution in [3.8, 4) is 0 Å². The lowest BCUT2D eigenvalue weighted by atomic mass is 10.1. The Morgan fingerprint density at radius 1 is 1.07 bits per heavy atom. The summed E-state index contributed by atoms with van der Waals surface area (Å²) in [5, 5.41) is 3.05. The van der Waals surface area contributed by atoms with Gasteiger partial charge in [-0.2, -0.15) is 0 Å². The third kappa shape index (κ3) is 4.40. The summed E-state index contributed by atoms with van der Waals surface area (Å²) in [6.07, 6.45) is 0.791. The highest BCUT2D eigenvalue weighted by molar-refractivity contribution is 7.93. The van der Waals surface area contributed by atoms with Crippen molar-refractivity contribution in [2.24, 2.45) is 0 Å². The lowest BCUT2D eigenvalue weighted by Gasteiger charge is -2.08. The fraction of sp³-hybridized carbons (Fsp3) is 0.200. The summed E-state index contributed by atoms with van der Waals surface area (Å²) in [7, 11) is -3.76. The molecular formula is C20H21N3O3S2. The molecule has 0 saturated heterocycles. The Labute approximate surface area is 168 Å². The van der Waals surface area contributed by atoms with E-state index in [-0.39, 0.29) is 15.9 Å². The standard InChI is InChI=1S/C20H21N3O3S2/c1-4-15-7-5-6-8-17(15)22-19(24)18-14(3)21-20(27-18)23-28(25,26)16-11-9-13(2)10-12-16/h5-12H,4H2,1-3H3,(H,21,23)(H,22,24). The van der Waals surface area contributed by atoms with Crippen molar-refractivity contribution in [3.63, 3.8) is 0 Å². The summed E-state index contributed by atoms with van der Waals surface area (Å²) >= 11 is 1.01. The maximum absolute atomic E-state index is 12.7. The van der Waals surface area contributed by atoms with E-state index in [1.807, 2.05) is 38.1 Å². The average Bonchev–Trinajstić information content (AvgIpc) is 3.02. The molecule has 1 heterocycles. The molecule has 146 valence electrons. The molecule has 0 saturated carbocycles. The van der Waals surface area contributed by atoms with Gasteiger partial charge in [-0.15, -0.1) is 0 Å². The van der Waals surface area contributed by atoms with Crippen LogP contribution in [0, 0.1) is 13.8 Å². The smallest absolute Gasteiger partial charge is 0.267 e. The van der Waals surface area contributed by atoms with Crippen molar-refractivity contribution < 1.29 is 13.2 Å². The lowest BCUT2D eigenvalue weighted by Crippen LogP contribution is -2.13. The van der Waals surface area contributed by atoms with Crippen LogP contribution >= 0.6 is 11.3 Å². The van der Waals surface area contributed by atoms with Crippen molar-refractivity contribution >= 4 is 38.1 Å². The highest BCUT2D eigenvalue weighted by Gasteiger charge is 2.20. The van der Waals surface area contributed by atoms with E-state index in [0.717, 1.165) is 34.6 Å². The predicted octanol–water partition coefficient (Wildman–Crippen LogP) is 4.38. The monoisotopic (exact) mass is 415 g/mol. The van der Waals surface area contributed by atoms with Gasteiger partial charge < -0.3 is 5.32 Å². The Morgan fingerprint density at radius 3 is 2.43 bits per heavy atom. The van der Waals surface area contributed by atoms with Crippen LogP contribution in [0.4, 0.5) is 10.8 Å². The molecule has 0 atom stereocenters. The topological polar surface area (TPSA) is 88.2 Å². The van der Waals surface area contributed by atoms with Gasteiger partial charge in [0.05, 0.1) is 10.6 Å². The fourth-order valence-electron chi connectivity index (χ4n) is 2.67. The number of para-hydroxylation sites is 1. The molecule has 0 aliphatic rings. The molecule has 1 amide bonds. The minimum atomic E-state index is -3.76. The van der Waals surface area contributed by atoms with Crippen LogP contribution in [0.3, 0.4) is 0 Å². The van der Waals surface area contributed by atoms with Gasteiger partial charge in [-0.3, -0.25) is 9.52 Å². The number of amides is 1. The number of aryl methyl sites for hydroxylation is 3. The van der Waals surface area contributed by atoms with Crippen molar-refractivity contribution in [3.05, 3.63) is 70.2 Å². The van der Waals surface area contributed by atoms with E-state index in [4.69, 9.17) is 0 Å². The Kier molecular flexibility index (Phi) is 5.81. The second-order valence-electron chi connectivity index (χ2n) is 6.32. The van der Waals surface area contributed by atoms with Gasteiger partial charge in [0, 0.05) is 5.69 Å². The van der Waals surface area contributed by atoms with E-state index in [0.29, 0.717) is 10.6 Å². The van der Waals surface area contributed by atoms with Crippen LogP contribution in [-0.4, -0.2) is 19.3 Å². The zero-order valence-corrected chi connectivity index (χ0v) is 17.4. The lowest BCUT2D eigenvalue weighted by molar-refractivity contribution is 0.102. The van der Waals surface area contributed by atoms with Crippen LogP contribution in [0.25, 0.3) is 0 Å². The number of nitrogens with zero attached hydrogens (tertiary/aromatic N) is 1. The van der Waals surface area contributed by atoms with Crippen LogP contribution in [0.15, 0.2) is 53.4 Å². The van der Waals surface area contributed by atoms with E-state index in [2.05, 4.69) is 15.0 Å². The van der Waals surface area contributed by atoms with E-state index >= 15 is 0 Å². The number of rotatable bonds is 6. The van der Waals surface area contributed by atoms with Crippen LogP contribution in [0.2, 0.25) is 0 Å². The molecule has 0 spiro atoms. The van der Waals surface area contributed by atoms with E-state index in [1.165, 1.54) is 12.1 Å². The average molecular weight is 416 g/mol. The molecule has 2 N–H and O–H groups in total. The molecule has 0 bridgehead atoms. The summed E-state index contributed by atoms with van der Waals surface area (Å²) in [4.78, 5) is 17.4. The number of hydrogen-bond acceptors (Lipinski definition) is 5. The van der Waals surface area contributed by atoms with Crippen LogP contribution in [0.1, 0.15) is 33.4 Å². The molecule has 0 radical (unpaired) electrons. The normalized spacial score (nSPS) is 11.2. The van der Waals surface area contributed by atoms with Crippen molar-refractivity contribution in [1.82, 2.24) is 4.98 Å². The Hall–Kier alpha value is -2.71. The first-order valence-corrected chi connectivity index (χ1v) is 11.1. The van der Waals surface area contributed by atoms with Crippen molar-refractivity contribution in [2.45, 2.75) is 32.1 Å². The third-order valence-corrected chi connectivity index (χ3v) is 6.76. The molecular weight excluding hydrogens is 394 g/mol. The SMILES string of the molecule is CCc1ccccc1NC(=O)c1sc(NS(=O)(=O)c2ccc(C)cc2)nc1C. The van der Waals surface area contributed by atoms with Crippen molar-refractivity contribution in [2.75, 3.05) is 10.0 Å². The second kappa shape index (κ2) is 8.12. The molecule has 28 heavy (non-hydrogen) atoms. The van der Waals surface area contributed by atoms with Gasteiger partial charge in [-0.1, -0.05) is 54.2 Å². The van der Waals surface area contributed by atoms with E-state index in [1.54, 1.807) is 19.1 Å². The molecule has 0 aliphatic carbocycles. The maximum atomic E-state index is 12.7. The van der Waals surface area contributed by atoms with Crippen LogP contribution < -0.4 is 10.0 Å². The minimum Gasteiger partial charge on any atom is -0.321 e. The summed E-state index contributed by atoms with van der Waals surface area (Å²) in [5.41, 5.74) is 3.20. The molecule has 3 rings (SSSR count). The van der Waals surface area contributed by atoms with Gasteiger partial charge in [0.15, 0.2) is 5.13 Å². The van der Waals surface area contributed by atoms with Gasteiger partial charge in [-0.25, -0.2) is 13.4 Å². The molecule has 3 aromatic rings.